The van der Waals surface area contributed by atoms with Gasteiger partial charge in [0.25, 0.3) is 0 Å². The molecule has 0 radical (unpaired) electrons. The van der Waals surface area contributed by atoms with Crippen LogP contribution in [0.25, 0.3) is 6.08 Å². The molecule has 30 heavy (non-hydrogen) atoms. The second-order valence-corrected chi connectivity index (χ2v) is 8.12. The van der Waals surface area contributed by atoms with Crippen LogP contribution in [0.15, 0.2) is 65.0 Å². The highest BCUT2D eigenvalue weighted by atomic mass is 16.5. The molecular weight excluding hydrogens is 368 g/mol. The van der Waals surface area contributed by atoms with E-state index >= 15 is 0 Å². The zero-order valence-corrected chi connectivity index (χ0v) is 18.6. The van der Waals surface area contributed by atoms with Crippen molar-refractivity contribution in [3.05, 3.63) is 76.9 Å². The first-order chi connectivity index (χ1) is 14.8. The lowest BCUT2D eigenvalue weighted by Gasteiger charge is -2.02. The fourth-order valence-corrected chi connectivity index (χ4v) is 3.90. The van der Waals surface area contributed by atoms with Crippen LogP contribution in [0.2, 0.25) is 0 Å². The van der Waals surface area contributed by atoms with Gasteiger partial charge in [-0.25, -0.2) is 4.99 Å². The zero-order chi connectivity index (χ0) is 21.0. The number of benzene rings is 1. The molecule has 0 saturated heterocycles. The standard InChI is InChI=1S/C27H36N2O/c1-3-4-5-6-7-8-9-10-14-17-23-18-19-24(28-23)20-26-27(30-2)21-25(29-26)22-15-12-11-13-16-22/h11-13,15-16,18-21,28H,3-10,14,17H2,1-2H3/b26-20-. The van der Waals surface area contributed by atoms with Crippen molar-refractivity contribution in [2.45, 2.75) is 71.1 Å². The van der Waals surface area contributed by atoms with Gasteiger partial charge in [-0.05, 0) is 31.1 Å². The summed E-state index contributed by atoms with van der Waals surface area (Å²) in [5.74, 6) is 0.809. The Morgan fingerprint density at radius 1 is 0.867 bits per heavy atom. The van der Waals surface area contributed by atoms with Gasteiger partial charge in [-0.15, -0.1) is 0 Å². The number of hydrogen-bond acceptors (Lipinski definition) is 2. The lowest BCUT2D eigenvalue weighted by molar-refractivity contribution is 0.303. The third-order valence-electron chi connectivity index (χ3n) is 5.66. The van der Waals surface area contributed by atoms with Crippen LogP contribution in [0.5, 0.6) is 0 Å². The summed E-state index contributed by atoms with van der Waals surface area (Å²) in [6.45, 7) is 2.28. The minimum atomic E-state index is 0.809. The SMILES string of the molecule is CCCCCCCCCCCc1ccc(/C=C2\N=C(c3ccccc3)C=C2OC)[nH]1. The molecule has 1 aliphatic heterocycles. The first kappa shape index (κ1) is 22.1. The summed E-state index contributed by atoms with van der Waals surface area (Å²) in [5, 5.41) is 0. The molecule has 0 amide bonds. The number of H-pyrrole nitrogens is 1. The van der Waals surface area contributed by atoms with Crippen molar-refractivity contribution in [3.8, 4) is 0 Å². The van der Waals surface area contributed by atoms with Gasteiger partial charge in [0.2, 0.25) is 0 Å². The fraction of sp³-hybridized carbons (Fsp3) is 0.444. The maximum absolute atomic E-state index is 5.55. The summed E-state index contributed by atoms with van der Waals surface area (Å²) in [4.78, 5) is 8.31. The smallest absolute Gasteiger partial charge is 0.146 e. The van der Waals surface area contributed by atoms with E-state index in [9.17, 15) is 0 Å². The Bertz CT molecular complexity index is 858. The van der Waals surface area contributed by atoms with Crippen LogP contribution in [0, 0.1) is 0 Å². The summed E-state index contributed by atoms with van der Waals surface area (Å²) < 4.78 is 5.55. The molecule has 1 N–H and O–H groups in total. The molecular formula is C27H36N2O. The number of hydrogen-bond donors (Lipinski definition) is 1. The highest BCUT2D eigenvalue weighted by Crippen LogP contribution is 2.25. The van der Waals surface area contributed by atoms with Crippen molar-refractivity contribution >= 4 is 11.8 Å². The Kier molecular flexibility index (Phi) is 9.02. The van der Waals surface area contributed by atoms with E-state index in [1.807, 2.05) is 24.3 Å². The van der Waals surface area contributed by atoms with Crippen LogP contribution in [-0.4, -0.2) is 17.8 Å². The Balaban J connectivity index is 1.47. The normalized spacial score (nSPS) is 14.8. The second kappa shape index (κ2) is 12.2. The van der Waals surface area contributed by atoms with Gasteiger partial charge in [0.1, 0.15) is 11.5 Å². The molecule has 2 aromatic rings. The van der Waals surface area contributed by atoms with E-state index in [0.29, 0.717) is 0 Å². The number of aromatic nitrogens is 1. The van der Waals surface area contributed by atoms with Gasteiger partial charge >= 0.3 is 0 Å². The van der Waals surface area contributed by atoms with Gasteiger partial charge in [-0.2, -0.15) is 0 Å². The van der Waals surface area contributed by atoms with Gasteiger partial charge in [0.15, 0.2) is 0 Å². The molecule has 0 atom stereocenters. The Morgan fingerprint density at radius 2 is 1.57 bits per heavy atom. The van der Waals surface area contributed by atoms with Gasteiger partial charge in [-0.1, -0.05) is 88.6 Å². The molecule has 2 heterocycles. The fourth-order valence-electron chi connectivity index (χ4n) is 3.90. The van der Waals surface area contributed by atoms with Crippen molar-refractivity contribution < 1.29 is 4.74 Å². The number of rotatable bonds is 13. The second-order valence-electron chi connectivity index (χ2n) is 8.12. The summed E-state index contributed by atoms with van der Waals surface area (Å²) in [7, 11) is 1.70. The molecule has 160 valence electrons. The van der Waals surface area contributed by atoms with E-state index in [2.05, 4.69) is 42.2 Å². The van der Waals surface area contributed by atoms with E-state index in [0.717, 1.165) is 34.8 Å². The minimum absolute atomic E-state index is 0.809. The third-order valence-corrected chi connectivity index (χ3v) is 5.66. The van der Waals surface area contributed by atoms with Gasteiger partial charge in [0.05, 0.1) is 12.8 Å². The minimum Gasteiger partial charge on any atom is -0.494 e. The molecule has 0 aliphatic carbocycles. The molecule has 3 rings (SSSR count). The number of unbranched alkanes of at least 4 members (excludes halogenated alkanes) is 8. The largest absolute Gasteiger partial charge is 0.494 e. The molecule has 0 saturated carbocycles. The molecule has 0 unspecified atom stereocenters. The van der Waals surface area contributed by atoms with Crippen LogP contribution in [0.3, 0.4) is 0 Å². The van der Waals surface area contributed by atoms with E-state index in [4.69, 9.17) is 9.73 Å². The van der Waals surface area contributed by atoms with Crippen molar-refractivity contribution in [2.24, 2.45) is 4.99 Å². The van der Waals surface area contributed by atoms with Crippen molar-refractivity contribution in [2.75, 3.05) is 7.11 Å². The number of methoxy groups -OCH3 is 1. The number of aryl methyl sites for hydroxylation is 1. The number of nitrogens with zero attached hydrogens (tertiary/aromatic N) is 1. The van der Waals surface area contributed by atoms with Crippen LogP contribution >= 0.6 is 0 Å². The maximum atomic E-state index is 5.55. The van der Waals surface area contributed by atoms with E-state index in [1.54, 1.807) is 7.11 Å². The molecule has 1 aliphatic rings. The summed E-state index contributed by atoms with van der Waals surface area (Å²) >= 11 is 0. The molecule has 0 spiro atoms. The van der Waals surface area contributed by atoms with Gasteiger partial charge in [0, 0.05) is 23.0 Å². The van der Waals surface area contributed by atoms with Crippen LogP contribution in [0.4, 0.5) is 0 Å². The molecule has 1 aromatic heterocycles. The lowest BCUT2D eigenvalue weighted by atomic mass is 10.1. The highest BCUT2D eigenvalue weighted by Gasteiger charge is 2.16. The first-order valence-electron chi connectivity index (χ1n) is 11.6. The number of allylic oxidation sites excluding steroid dienone is 1. The quantitative estimate of drug-likeness (QED) is 0.346. The topological polar surface area (TPSA) is 37.4 Å². The van der Waals surface area contributed by atoms with Crippen molar-refractivity contribution in [1.82, 2.24) is 4.98 Å². The highest BCUT2D eigenvalue weighted by molar-refractivity contribution is 6.12. The summed E-state index contributed by atoms with van der Waals surface area (Å²) in [6.07, 6.45) is 17.5. The van der Waals surface area contributed by atoms with Crippen LogP contribution in [-0.2, 0) is 11.2 Å². The van der Waals surface area contributed by atoms with E-state index in [-0.39, 0.29) is 0 Å². The van der Waals surface area contributed by atoms with Crippen molar-refractivity contribution in [1.29, 1.82) is 0 Å². The lowest BCUT2D eigenvalue weighted by Crippen LogP contribution is -1.92. The van der Waals surface area contributed by atoms with Crippen molar-refractivity contribution in [3.63, 3.8) is 0 Å². The zero-order valence-electron chi connectivity index (χ0n) is 18.6. The predicted octanol–water partition coefficient (Wildman–Crippen LogP) is 7.46. The summed E-state index contributed by atoms with van der Waals surface area (Å²) in [5.41, 5.74) is 5.30. The number of aliphatic imine (C=N–C) groups is 1. The van der Waals surface area contributed by atoms with Crippen LogP contribution in [0.1, 0.15) is 81.7 Å². The van der Waals surface area contributed by atoms with Gasteiger partial charge < -0.3 is 9.72 Å². The monoisotopic (exact) mass is 404 g/mol. The molecule has 1 aromatic carbocycles. The Morgan fingerprint density at radius 3 is 2.27 bits per heavy atom. The third kappa shape index (κ3) is 6.76. The number of nitrogens with one attached hydrogen (secondary N) is 1. The Labute approximate surface area is 182 Å². The van der Waals surface area contributed by atoms with Gasteiger partial charge in [-0.3, -0.25) is 0 Å². The maximum Gasteiger partial charge on any atom is 0.146 e. The molecule has 0 bridgehead atoms. The summed E-state index contributed by atoms with van der Waals surface area (Å²) in [6, 6.07) is 14.6. The number of aromatic amines is 1. The average Bonchev–Trinajstić information content (AvgIpc) is 3.40. The first-order valence-corrected chi connectivity index (χ1v) is 11.6. The average molecular weight is 405 g/mol. The predicted molar refractivity (Wildman–Crippen MR) is 128 cm³/mol. The van der Waals surface area contributed by atoms with E-state index < -0.39 is 0 Å². The van der Waals surface area contributed by atoms with Crippen LogP contribution < -0.4 is 0 Å². The molecule has 3 heteroatoms. The Hall–Kier alpha value is -2.55. The molecule has 3 nitrogen and oxygen atoms in total. The number of ether oxygens (including phenoxy) is 1. The molecule has 0 fully saturated rings. The van der Waals surface area contributed by atoms with E-state index in [1.165, 1.54) is 63.5 Å².